The van der Waals surface area contributed by atoms with E-state index in [-0.39, 0.29) is 37.0 Å². The minimum absolute atomic E-state index is 0.317. The predicted molar refractivity (Wildman–Crippen MR) is 50.3 cm³/mol. The first kappa shape index (κ1) is 12.9. The number of hydrogen-bond donors (Lipinski definition) is 0. The van der Waals surface area contributed by atoms with Crippen molar-refractivity contribution < 1.29 is 19.0 Å². The molecule has 0 unspecified atom stereocenters. The second-order valence-corrected chi connectivity index (χ2v) is 3.64. The van der Waals surface area contributed by atoms with Crippen molar-refractivity contribution in [3.8, 4) is 0 Å². The van der Waals surface area contributed by atoms with Gasteiger partial charge >= 0.3 is 0 Å². The Balaban J connectivity index is 4.56. The lowest BCUT2D eigenvalue weighted by Gasteiger charge is -2.40. The molecule has 0 saturated heterocycles. The summed E-state index contributed by atoms with van der Waals surface area (Å²) in [6.07, 6.45) is 0. The molecule has 0 spiro atoms. The molecule has 0 aliphatic heterocycles. The van der Waals surface area contributed by atoms with E-state index < -0.39 is 4.65 Å². The van der Waals surface area contributed by atoms with E-state index in [9.17, 15) is 19.6 Å². The maximum Gasteiger partial charge on any atom is 0.184 e. The van der Waals surface area contributed by atoms with Crippen molar-refractivity contribution in [2.45, 2.75) is 20.8 Å². The summed E-state index contributed by atoms with van der Waals surface area (Å²) >= 11 is 0. The zero-order valence-electron chi connectivity index (χ0n) is 8.70. The van der Waals surface area contributed by atoms with Gasteiger partial charge in [0, 0.05) is 20.8 Å². The molecule has 0 fully saturated rings. The monoisotopic (exact) mass is 201 g/mol. The van der Waals surface area contributed by atoms with Gasteiger partial charge in [0.2, 0.25) is 0 Å². The van der Waals surface area contributed by atoms with Crippen LogP contribution in [0.5, 0.6) is 0 Å². The zero-order valence-corrected chi connectivity index (χ0v) is 8.70. The summed E-state index contributed by atoms with van der Waals surface area (Å²) in [6, 6.07) is 0. The van der Waals surface area contributed by atoms with Gasteiger partial charge in [0.25, 0.3) is 0 Å². The Hall–Kier alpha value is -1.07. The van der Waals surface area contributed by atoms with E-state index in [1.165, 1.54) is 20.8 Å². The predicted octanol–water partition coefficient (Wildman–Crippen LogP) is 0.0680. The van der Waals surface area contributed by atoms with Gasteiger partial charge in [-0.05, 0) is 0 Å². The number of carbonyl (C=O) groups is 3. The third-order valence-corrected chi connectivity index (χ3v) is 1.53. The van der Waals surface area contributed by atoms with Crippen molar-refractivity contribution >= 4 is 17.3 Å². The van der Waals surface area contributed by atoms with Crippen LogP contribution in [0.25, 0.3) is 0 Å². The van der Waals surface area contributed by atoms with Crippen molar-refractivity contribution in [3.05, 3.63) is 5.21 Å². The van der Waals surface area contributed by atoms with Gasteiger partial charge in [0.1, 0.15) is 19.6 Å². The Kier molecular flexibility index (Phi) is 4.59. The average Bonchev–Trinajstić information content (AvgIpc) is 1.76. The van der Waals surface area contributed by atoms with Crippen molar-refractivity contribution in [3.63, 3.8) is 0 Å². The van der Waals surface area contributed by atoms with Crippen LogP contribution in [-0.2, 0) is 14.4 Å². The number of quaternary nitrogens is 1. The van der Waals surface area contributed by atoms with Crippen molar-refractivity contribution in [2.75, 3.05) is 19.6 Å². The molecule has 0 atom stereocenters. The van der Waals surface area contributed by atoms with E-state index in [0.29, 0.717) is 0 Å². The summed E-state index contributed by atoms with van der Waals surface area (Å²) in [7, 11) is 0. The molecule has 80 valence electrons. The average molecular weight is 201 g/mol. The van der Waals surface area contributed by atoms with E-state index in [0.717, 1.165) is 0 Å². The Bertz CT molecular complexity index is 219. The smallest absolute Gasteiger partial charge is 0.184 e. The van der Waals surface area contributed by atoms with Crippen molar-refractivity contribution in [2.24, 2.45) is 0 Å². The van der Waals surface area contributed by atoms with Gasteiger partial charge in [-0.1, -0.05) is 0 Å². The highest BCUT2D eigenvalue weighted by Gasteiger charge is 2.23. The Morgan fingerprint density at radius 2 is 1.07 bits per heavy atom. The van der Waals surface area contributed by atoms with Crippen molar-refractivity contribution in [1.29, 1.82) is 0 Å². The molecule has 0 aliphatic rings. The molecule has 0 aromatic carbocycles. The van der Waals surface area contributed by atoms with Crippen LogP contribution >= 0.6 is 0 Å². The first-order valence-corrected chi connectivity index (χ1v) is 4.30. The minimum Gasteiger partial charge on any atom is -0.632 e. The maximum atomic E-state index is 11.8. The number of ketones is 3. The summed E-state index contributed by atoms with van der Waals surface area (Å²) in [5, 5.41) is 11.8. The molecular formula is C9H15NO4. The molecule has 0 bridgehead atoms. The molecule has 0 saturated carbocycles. The highest BCUT2D eigenvalue weighted by Crippen LogP contribution is 2.04. The first-order chi connectivity index (χ1) is 6.25. The Morgan fingerprint density at radius 3 is 1.21 bits per heavy atom. The second kappa shape index (κ2) is 4.97. The molecule has 0 N–H and O–H groups in total. The van der Waals surface area contributed by atoms with Crippen LogP contribution < -0.4 is 0 Å². The molecule has 14 heavy (non-hydrogen) atoms. The SMILES string of the molecule is CC(=O)C[N+]([O-])(CC(C)=O)CC(C)=O. The Morgan fingerprint density at radius 1 is 0.857 bits per heavy atom. The highest BCUT2D eigenvalue weighted by molar-refractivity contribution is 5.81. The van der Waals surface area contributed by atoms with Gasteiger partial charge in [-0.2, -0.15) is 0 Å². The summed E-state index contributed by atoms with van der Waals surface area (Å²) in [6.45, 7) is 2.85. The fourth-order valence-electron chi connectivity index (χ4n) is 1.39. The molecule has 0 rings (SSSR count). The number of carbonyl (C=O) groups excluding carboxylic acids is 3. The largest absolute Gasteiger partial charge is 0.632 e. The summed E-state index contributed by atoms with van der Waals surface area (Å²) < 4.78 is -1.06. The lowest BCUT2D eigenvalue weighted by molar-refractivity contribution is -0.856. The van der Waals surface area contributed by atoms with Gasteiger partial charge in [0.05, 0.1) is 0 Å². The van der Waals surface area contributed by atoms with Gasteiger partial charge in [0.15, 0.2) is 17.3 Å². The molecule has 5 nitrogen and oxygen atoms in total. The fraction of sp³-hybridized carbons (Fsp3) is 0.667. The summed E-state index contributed by atoms with van der Waals surface area (Å²) in [5.74, 6) is -0.951. The van der Waals surface area contributed by atoms with E-state index in [2.05, 4.69) is 0 Å². The van der Waals surface area contributed by atoms with Crippen LogP contribution in [0.15, 0.2) is 0 Å². The standard InChI is InChI=1S/C9H15NO4/c1-7(11)4-10(14,5-8(2)12)6-9(3)13/h4-6H2,1-3H3. The van der Waals surface area contributed by atoms with Crippen LogP contribution in [0.3, 0.4) is 0 Å². The van der Waals surface area contributed by atoms with E-state index in [1.54, 1.807) is 0 Å². The zero-order chi connectivity index (χ0) is 11.4. The molecule has 0 aromatic rings. The lowest BCUT2D eigenvalue weighted by Crippen LogP contribution is -2.50. The van der Waals surface area contributed by atoms with E-state index >= 15 is 0 Å². The molecule has 0 aromatic heterocycles. The molecule has 0 amide bonds. The van der Waals surface area contributed by atoms with E-state index in [4.69, 9.17) is 0 Å². The van der Waals surface area contributed by atoms with Crippen molar-refractivity contribution in [1.82, 2.24) is 0 Å². The number of hydroxylamine groups is 3. The summed E-state index contributed by atoms with van der Waals surface area (Å²) in [5.41, 5.74) is 0. The van der Waals surface area contributed by atoms with Crippen LogP contribution in [0.2, 0.25) is 0 Å². The Labute approximate surface area is 82.9 Å². The second-order valence-electron chi connectivity index (χ2n) is 3.64. The lowest BCUT2D eigenvalue weighted by atomic mass is 10.3. The van der Waals surface area contributed by atoms with Gasteiger partial charge in [-0.3, -0.25) is 14.4 Å². The van der Waals surface area contributed by atoms with E-state index in [1.807, 2.05) is 0 Å². The number of rotatable bonds is 6. The van der Waals surface area contributed by atoms with Gasteiger partial charge in [-0.25, -0.2) is 0 Å². The fourth-order valence-corrected chi connectivity index (χ4v) is 1.39. The molecule has 5 heteroatoms. The van der Waals surface area contributed by atoms with Gasteiger partial charge in [-0.15, -0.1) is 0 Å². The number of nitrogens with zero attached hydrogens (tertiary/aromatic N) is 1. The van der Waals surface area contributed by atoms with Crippen LogP contribution in [0.4, 0.5) is 0 Å². The quantitative estimate of drug-likeness (QED) is 0.450. The third-order valence-electron chi connectivity index (χ3n) is 1.53. The molecular weight excluding hydrogens is 186 g/mol. The van der Waals surface area contributed by atoms with Gasteiger partial charge < -0.3 is 9.85 Å². The van der Waals surface area contributed by atoms with Crippen LogP contribution in [0.1, 0.15) is 20.8 Å². The number of Topliss-reactive ketones (excluding diaryl/α,β-unsaturated/α-hetero) is 3. The highest BCUT2D eigenvalue weighted by atomic mass is 16.5. The summed E-state index contributed by atoms with van der Waals surface area (Å²) in [4.78, 5) is 32.4. The normalized spacial score (nSPS) is 11.1. The third kappa shape index (κ3) is 5.55. The minimum atomic E-state index is -1.06. The molecule has 0 aliphatic carbocycles. The number of hydrogen-bond acceptors (Lipinski definition) is 4. The van der Waals surface area contributed by atoms with Crippen LogP contribution in [0, 0.1) is 5.21 Å². The first-order valence-electron chi connectivity index (χ1n) is 4.30. The topological polar surface area (TPSA) is 74.3 Å². The maximum absolute atomic E-state index is 11.8. The van der Waals surface area contributed by atoms with Crippen LogP contribution in [-0.4, -0.2) is 41.6 Å². The molecule has 0 heterocycles. The molecule has 0 radical (unpaired) electrons.